The molecule has 0 aliphatic carbocycles. The number of rotatable bonds is 2. The lowest BCUT2D eigenvalue weighted by molar-refractivity contribution is 0.197. The van der Waals surface area contributed by atoms with Crippen LogP contribution in [0.3, 0.4) is 0 Å². The maximum Gasteiger partial charge on any atom is 0.225 e. The summed E-state index contributed by atoms with van der Waals surface area (Å²) in [7, 11) is 0. The molecule has 0 radical (unpaired) electrons. The summed E-state index contributed by atoms with van der Waals surface area (Å²) in [6, 6.07) is -0.0912. The van der Waals surface area contributed by atoms with Crippen molar-refractivity contribution in [2.45, 2.75) is 6.04 Å². The Morgan fingerprint density at radius 1 is 1.32 bits per heavy atom. The van der Waals surface area contributed by atoms with Crippen molar-refractivity contribution in [1.82, 2.24) is 9.97 Å². The van der Waals surface area contributed by atoms with Crippen molar-refractivity contribution >= 4 is 71.8 Å². The molecule has 4 nitrogen and oxygen atoms in total. The molecule has 1 saturated heterocycles. The lowest BCUT2D eigenvalue weighted by Gasteiger charge is -2.23. The van der Waals surface area contributed by atoms with Crippen molar-refractivity contribution in [3.63, 3.8) is 0 Å². The minimum absolute atomic E-state index is 0.0581. The van der Waals surface area contributed by atoms with Gasteiger partial charge in [0.15, 0.2) is 5.82 Å². The minimum Gasteiger partial charge on any atom is -0.359 e. The van der Waals surface area contributed by atoms with Gasteiger partial charge < -0.3 is 9.64 Å². The molecule has 2 heterocycles. The average Bonchev–Trinajstić information content (AvgIpc) is 2.98. The molecule has 0 bridgehead atoms. The highest BCUT2D eigenvalue weighted by molar-refractivity contribution is 9.11. The van der Waals surface area contributed by atoms with E-state index in [-0.39, 0.29) is 26.3 Å². The van der Waals surface area contributed by atoms with Crippen LogP contribution in [-0.4, -0.2) is 29.3 Å². The summed E-state index contributed by atoms with van der Waals surface area (Å²) in [5, 5.41) is 0.581. The highest BCUT2D eigenvalue weighted by Gasteiger charge is 2.29. The Morgan fingerprint density at radius 3 is 2.73 bits per heavy atom. The van der Waals surface area contributed by atoms with Gasteiger partial charge in [-0.2, -0.15) is 4.98 Å². The molecule has 1 aliphatic heterocycles. The first-order valence-corrected chi connectivity index (χ1v) is 8.46. The van der Waals surface area contributed by atoms with Crippen LogP contribution in [-0.2, 0) is 4.74 Å². The first-order valence-electron chi connectivity index (χ1n) is 6.11. The predicted octanol–water partition coefficient (Wildman–Crippen LogP) is 4.95. The Bertz CT molecular complexity index is 790. The first-order chi connectivity index (χ1) is 10.5. The summed E-state index contributed by atoms with van der Waals surface area (Å²) in [5.41, 5.74) is 0.0767. The van der Waals surface area contributed by atoms with E-state index in [0.717, 1.165) is 0 Å². The lowest BCUT2D eigenvalue weighted by Crippen LogP contribution is -2.30. The molecule has 1 fully saturated rings. The van der Waals surface area contributed by atoms with Crippen LogP contribution in [0.1, 0.15) is 0 Å². The SMILES string of the molecule is C=C[C@@H]1COCN1c1nc(Cl)nc2c(F)c(Br)c(Cl)c(Br)c12. The van der Waals surface area contributed by atoms with Crippen LogP contribution in [0.2, 0.25) is 10.3 Å². The predicted molar refractivity (Wildman–Crippen MR) is 92.2 cm³/mol. The van der Waals surface area contributed by atoms with E-state index in [1.165, 1.54) is 0 Å². The van der Waals surface area contributed by atoms with Gasteiger partial charge in [-0.3, -0.25) is 0 Å². The molecule has 22 heavy (non-hydrogen) atoms. The van der Waals surface area contributed by atoms with Crippen molar-refractivity contribution < 1.29 is 9.13 Å². The molecule has 3 rings (SSSR count). The van der Waals surface area contributed by atoms with Crippen molar-refractivity contribution in [3.05, 3.63) is 37.7 Å². The summed E-state index contributed by atoms with van der Waals surface area (Å²) in [5.74, 6) is -0.151. The van der Waals surface area contributed by atoms with Gasteiger partial charge in [-0.25, -0.2) is 9.37 Å². The number of hydrogen-bond acceptors (Lipinski definition) is 4. The third kappa shape index (κ3) is 2.53. The highest BCUT2D eigenvalue weighted by Crippen LogP contribution is 2.43. The number of aromatic nitrogens is 2. The molecule has 0 amide bonds. The fourth-order valence-electron chi connectivity index (χ4n) is 2.27. The van der Waals surface area contributed by atoms with Gasteiger partial charge in [-0.15, -0.1) is 6.58 Å². The quantitative estimate of drug-likeness (QED) is 0.269. The summed E-state index contributed by atoms with van der Waals surface area (Å²) in [6.45, 7) is 4.54. The zero-order valence-corrected chi connectivity index (χ0v) is 15.6. The summed E-state index contributed by atoms with van der Waals surface area (Å²) >= 11 is 18.6. The number of ether oxygens (including phenoxy) is 1. The molecule has 1 aromatic carbocycles. The van der Waals surface area contributed by atoms with E-state index in [1.807, 2.05) is 4.90 Å². The second-order valence-electron chi connectivity index (χ2n) is 4.57. The van der Waals surface area contributed by atoms with E-state index in [0.29, 0.717) is 29.0 Å². The molecule has 116 valence electrons. The Labute approximate surface area is 152 Å². The van der Waals surface area contributed by atoms with Gasteiger partial charge in [-0.1, -0.05) is 17.7 Å². The monoisotopic (exact) mass is 469 g/mol. The van der Waals surface area contributed by atoms with E-state index < -0.39 is 5.82 Å². The number of fused-ring (bicyclic) bond motifs is 1. The lowest BCUT2D eigenvalue weighted by atomic mass is 10.2. The van der Waals surface area contributed by atoms with E-state index in [2.05, 4.69) is 48.4 Å². The van der Waals surface area contributed by atoms with Gasteiger partial charge in [0.2, 0.25) is 5.28 Å². The largest absolute Gasteiger partial charge is 0.359 e. The van der Waals surface area contributed by atoms with E-state index in [1.54, 1.807) is 6.08 Å². The molecule has 1 aromatic heterocycles. The highest BCUT2D eigenvalue weighted by atomic mass is 79.9. The first kappa shape index (κ1) is 16.4. The van der Waals surface area contributed by atoms with Gasteiger partial charge in [0.05, 0.1) is 32.0 Å². The molecule has 2 aromatic rings. The summed E-state index contributed by atoms with van der Waals surface area (Å²) in [6.07, 6.45) is 1.74. The second kappa shape index (κ2) is 6.20. The smallest absolute Gasteiger partial charge is 0.225 e. The molecule has 9 heteroatoms. The number of benzene rings is 1. The number of nitrogens with zero attached hydrogens (tertiary/aromatic N) is 3. The zero-order chi connectivity index (χ0) is 16.0. The Balaban J connectivity index is 2.37. The van der Waals surface area contributed by atoms with Crippen LogP contribution in [0, 0.1) is 5.82 Å². The molecule has 0 unspecified atom stereocenters. The van der Waals surface area contributed by atoms with Gasteiger partial charge in [0, 0.05) is 0 Å². The maximum atomic E-state index is 14.5. The summed E-state index contributed by atoms with van der Waals surface area (Å²) < 4.78 is 20.5. The van der Waals surface area contributed by atoms with Crippen LogP contribution in [0.4, 0.5) is 10.2 Å². The second-order valence-corrected chi connectivity index (χ2v) is 6.87. The van der Waals surface area contributed by atoms with Crippen LogP contribution in [0.15, 0.2) is 21.6 Å². The number of halogens is 5. The van der Waals surface area contributed by atoms with E-state index in [4.69, 9.17) is 27.9 Å². The molecular weight excluding hydrogens is 464 g/mol. The average molecular weight is 472 g/mol. The van der Waals surface area contributed by atoms with Crippen molar-refractivity contribution in [3.8, 4) is 0 Å². The van der Waals surface area contributed by atoms with Gasteiger partial charge in [0.25, 0.3) is 0 Å². The van der Waals surface area contributed by atoms with Crippen molar-refractivity contribution in [2.75, 3.05) is 18.2 Å². The Hall–Kier alpha value is -0.470. The van der Waals surface area contributed by atoms with Crippen molar-refractivity contribution in [2.24, 2.45) is 0 Å². The molecule has 1 aliphatic rings. The molecular formula is C13H8Br2Cl2FN3O. The molecule has 1 atom stereocenters. The topological polar surface area (TPSA) is 38.2 Å². The normalized spacial score (nSPS) is 18.2. The van der Waals surface area contributed by atoms with Crippen LogP contribution < -0.4 is 4.90 Å². The Kier molecular flexibility index (Phi) is 4.62. The summed E-state index contributed by atoms with van der Waals surface area (Å²) in [4.78, 5) is 10.1. The third-order valence-electron chi connectivity index (χ3n) is 3.33. The maximum absolute atomic E-state index is 14.5. The minimum atomic E-state index is -0.594. The van der Waals surface area contributed by atoms with Gasteiger partial charge in [0.1, 0.15) is 18.1 Å². The number of hydrogen-bond donors (Lipinski definition) is 0. The van der Waals surface area contributed by atoms with Crippen LogP contribution in [0.25, 0.3) is 10.9 Å². The standard InChI is InChI=1S/C13H8Br2Cl2FN3O/c1-2-5-3-22-4-21(5)12-6-7(14)9(16)8(15)10(18)11(6)19-13(17)20-12/h2,5H,1,3-4H2/t5-/m1/s1. The van der Waals surface area contributed by atoms with Crippen LogP contribution >= 0.6 is 55.1 Å². The number of anilines is 1. The van der Waals surface area contributed by atoms with E-state index in [9.17, 15) is 4.39 Å². The molecule has 0 N–H and O–H groups in total. The third-order valence-corrected chi connectivity index (χ3v) is 5.87. The zero-order valence-electron chi connectivity index (χ0n) is 10.9. The molecule has 0 saturated carbocycles. The van der Waals surface area contributed by atoms with Crippen LogP contribution in [0.5, 0.6) is 0 Å². The fraction of sp³-hybridized carbons (Fsp3) is 0.231. The van der Waals surface area contributed by atoms with Gasteiger partial charge >= 0.3 is 0 Å². The molecule has 0 spiro atoms. The van der Waals surface area contributed by atoms with E-state index >= 15 is 0 Å². The fourth-order valence-corrected chi connectivity index (χ4v) is 3.83. The van der Waals surface area contributed by atoms with Crippen molar-refractivity contribution in [1.29, 1.82) is 0 Å². The Morgan fingerprint density at radius 2 is 2.05 bits per heavy atom. The van der Waals surface area contributed by atoms with Gasteiger partial charge in [-0.05, 0) is 43.5 Å².